The quantitative estimate of drug-likeness (QED) is 0.262. The molecule has 5 rings (SSSR count). The van der Waals surface area contributed by atoms with Gasteiger partial charge < -0.3 is 10.2 Å². The topological polar surface area (TPSA) is 109 Å². The third-order valence-electron chi connectivity index (χ3n) is 5.67. The van der Waals surface area contributed by atoms with Gasteiger partial charge in [-0.3, -0.25) is 9.59 Å². The molecule has 0 amide bonds. The lowest BCUT2D eigenvalue weighted by Crippen LogP contribution is -1.85. The van der Waals surface area contributed by atoms with Crippen LogP contribution in [0.25, 0.3) is 0 Å². The van der Waals surface area contributed by atoms with Crippen LogP contribution in [0.2, 0.25) is 0 Å². The van der Waals surface area contributed by atoms with Gasteiger partial charge in [0.15, 0.2) is 11.6 Å². The monoisotopic (exact) mass is 512 g/mol. The van der Waals surface area contributed by atoms with Crippen molar-refractivity contribution in [2.45, 2.75) is 78.1 Å². The van der Waals surface area contributed by atoms with Crippen LogP contribution in [0.1, 0.15) is 78.1 Å². The molecular weight excluding hydrogens is 468 g/mol. The fourth-order valence-corrected chi connectivity index (χ4v) is 2.47. The first-order valence-corrected chi connectivity index (χ1v) is 13.4. The summed E-state index contributed by atoms with van der Waals surface area (Å²) in [5.41, 5.74) is 0. The first-order chi connectivity index (χ1) is 17.6. The second-order valence-corrected chi connectivity index (χ2v) is 10.3. The molecule has 6 nitrogen and oxygen atoms in total. The fraction of sp³-hybridized carbons (Fsp3) is 0.548. The number of carboxylic acids is 2. The number of hydrogen-bond donors (Lipinski definition) is 2. The van der Waals surface area contributed by atoms with Gasteiger partial charge in [-0.15, -0.1) is 6.58 Å². The summed E-state index contributed by atoms with van der Waals surface area (Å²) in [6.45, 7) is 6.79. The van der Waals surface area contributed by atoms with Gasteiger partial charge in [-0.25, -0.2) is 9.59 Å². The summed E-state index contributed by atoms with van der Waals surface area (Å²) in [6, 6.07) is 0. The van der Waals surface area contributed by atoms with Crippen molar-refractivity contribution < 1.29 is 29.4 Å². The second kappa shape index (κ2) is 18.3. The Hall–Kier alpha value is -3.02. The minimum absolute atomic E-state index is 0.164. The van der Waals surface area contributed by atoms with Crippen LogP contribution in [-0.4, -0.2) is 33.7 Å². The standard InChI is InChI=1S/2C7H10O.2C6H8O2.C5H8/c2*1-6(8)2-3-7-4-5-7;2*7-6(8)4-3-5-1-2-5;1-2-5-3-4-5/h2*2-3,7H,4-5H2,1H3;2*3-5H,1-2H2,(H,7,8);2,5H,1,3-4H2/b3-2+;3-2-;4-3+;4-3-;. The van der Waals surface area contributed by atoms with Gasteiger partial charge in [-0.05, 0) is 120 Å². The van der Waals surface area contributed by atoms with Gasteiger partial charge in [-0.2, -0.15) is 0 Å². The smallest absolute Gasteiger partial charge is 0.327 e. The average Bonchev–Trinajstić information content (AvgIpc) is 3.66. The molecule has 0 spiro atoms. The van der Waals surface area contributed by atoms with Crippen molar-refractivity contribution in [3.63, 3.8) is 0 Å². The second-order valence-electron chi connectivity index (χ2n) is 10.3. The first kappa shape index (κ1) is 32.0. The van der Waals surface area contributed by atoms with Crippen molar-refractivity contribution in [1.82, 2.24) is 0 Å². The van der Waals surface area contributed by atoms with E-state index in [1.165, 1.54) is 76.4 Å². The Morgan fingerprint density at radius 3 is 0.892 bits per heavy atom. The third-order valence-corrected chi connectivity index (χ3v) is 5.67. The molecule has 0 aliphatic heterocycles. The van der Waals surface area contributed by atoms with Crippen molar-refractivity contribution in [1.29, 1.82) is 0 Å². The molecule has 0 aromatic heterocycles. The Labute approximate surface area is 221 Å². The van der Waals surface area contributed by atoms with Crippen LogP contribution in [0, 0.1) is 29.6 Å². The van der Waals surface area contributed by atoms with Crippen molar-refractivity contribution in [2.24, 2.45) is 29.6 Å². The van der Waals surface area contributed by atoms with E-state index in [1.807, 2.05) is 18.2 Å². The van der Waals surface area contributed by atoms with Gasteiger partial charge in [0.05, 0.1) is 0 Å². The first-order valence-electron chi connectivity index (χ1n) is 13.4. The van der Waals surface area contributed by atoms with Crippen LogP contribution < -0.4 is 0 Å². The third kappa shape index (κ3) is 27.4. The van der Waals surface area contributed by atoms with E-state index in [0.29, 0.717) is 11.8 Å². The Kier molecular flexibility index (Phi) is 15.8. The van der Waals surface area contributed by atoms with Gasteiger partial charge >= 0.3 is 11.9 Å². The maximum atomic E-state index is 10.3. The number of carbonyl (C=O) groups is 4. The van der Waals surface area contributed by atoms with Crippen molar-refractivity contribution in [3.8, 4) is 0 Å². The Morgan fingerprint density at radius 2 is 0.757 bits per heavy atom. The lowest BCUT2D eigenvalue weighted by Gasteiger charge is -1.76. The molecule has 5 fully saturated rings. The SMILES string of the molecule is C=CC1CC1.CC(=O)/C=C/C1CC1.CC(=O)/C=C\C1CC1.O=C(O)/C=C/C1CC1.O=C(O)/C=C\C1CC1. The summed E-state index contributed by atoms with van der Waals surface area (Å²) in [4.78, 5) is 40.3. The summed E-state index contributed by atoms with van der Waals surface area (Å²) in [7, 11) is 0. The zero-order valence-corrected chi connectivity index (χ0v) is 22.4. The van der Waals surface area contributed by atoms with E-state index in [4.69, 9.17) is 10.2 Å². The number of rotatable bonds is 9. The van der Waals surface area contributed by atoms with E-state index in [9.17, 15) is 19.2 Å². The maximum Gasteiger partial charge on any atom is 0.327 e. The minimum atomic E-state index is -0.836. The molecule has 0 saturated heterocycles. The highest BCUT2D eigenvalue weighted by atomic mass is 16.4. The zero-order chi connectivity index (χ0) is 27.6. The molecule has 2 N–H and O–H groups in total. The number of carboxylic acid groups (broad SMARTS) is 2. The van der Waals surface area contributed by atoms with Gasteiger partial charge in [0.25, 0.3) is 0 Å². The number of aliphatic carboxylic acids is 2. The van der Waals surface area contributed by atoms with Crippen molar-refractivity contribution >= 4 is 23.5 Å². The molecule has 0 heterocycles. The summed E-state index contributed by atoms with van der Waals surface area (Å²) < 4.78 is 0. The molecule has 204 valence electrons. The minimum Gasteiger partial charge on any atom is -0.478 e. The van der Waals surface area contributed by atoms with Gasteiger partial charge in [0.2, 0.25) is 0 Å². The summed E-state index contributed by atoms with van der Waals surface area (Å²) in [5.74, 6) is 2.17. The van der Waals surface area contributed by atoms with Crippen molar-refractivity contribution in [2.75, 3.05) is 0 Å². The molecule has 0 radical (unpaired) electrons. The molecule has 5 aliphatic carbocycles. The molecule has 0 atom stereocenters. The van der Waals surface area contributed by atoms with E-state index in [-0.39, 0.29) is 11.6 Å². The number of allylic oxidation sites excluding steroid dienone is 7. The lowest BCUT2D eigenvalue weighted by atomic mass is 10.3. The number of hydrogen-bond acceptors (Lipinski definition) is 4. The number of carbonyl (C=O) groups excluding carboxylic acids is 2. The predicted molar refractivity (Wildman–Crippen MR) is 147 cm³/mol. The highest BCUT2D eigenvalue weighted by Gasteiger charge is 2.18. The van der Waals surface area contributed by atoms with Gasteiger partial charge in [-0.1, -0.05) is 30.4 Å². The summed E-state index contributed by atoms with van der Waals surface area (Å²) in [6.07, 6.45) is 27.9. The lowest BCUT2D eigenvalue weighted by molar-refractivity contribution is -0.132. The molecular formula is C31H44O6. The normalized spacial score (nSPS) is 19.9. The van der Waals surface area contributed by atoms with E-state index in [2.05, 4.69) is 6.58 Å². The van der Waals surface area contributed by atoms with Crippen LogP contribution in [-0.2, 0) is 19.2 Å². The molecule has 6 heteroatoms. The zero-order valence-electron chi connectivity index (χ0n) is 22.4. The molecule has 5 saturated carbocycles. The average molecular weight is 513 g/mol. The molecule has 0 aromatic carbocycles. The Bertz CT molecular complexity index is 730. The molecule has 0 bridgehead atoms. The molecule has 0 unspecified atom stereocenters. The predicted octanol–water partition coefficient (Wildman–Crippen LogP) is 6.74. The van der Waals surface area contributed by atoms with Crippen LogP contribution in [0.15, 0.2) is 61.3 Å². The Morgan fingerprint density at radius 1 is 0.514 bits per heavy atom. The van der Waals surface area contributed by atoms with E-state index in [0.717, 1.165) is 17.8 Å². The Balaban J connectivity index is 0.000000233. The van der Waals surface area contributed by atoms with E-state index < -0.39 is 11.9 Å². The highest BCUT2D eigenvalue weighted by molar-refractivity contribution is 5.87. The van der Waals surface area contributed by atoms with Crippen LogP contribution in [0.3, 0.4) is 0 Å². The summed E-state index contributed by atoms with van der Waals surface area (Å²) >= 11 is 0. The molecule has 0 aromatic rings. The van der Waals surface area contributed by atoms with Gasteiger partial charge in [0, 0.05) is 12.2 Å². The number of ketones is 2. The maximum absolute atomic E-state index is 10.3. The fourth-order valence-electron chi connectivity index (χ4n) is 2.47. The molecule has 5 aliphatic rings. The van der Waals surface area contributed by atoms with Crippen molar-refractivity contribution in [3.05, 3.63) is 61.3 Å². The van der Waals surface area contributed by atoms with Crippen LogP contribution >= 0.6 is 0 Å². The highest BCUT2D eigenvalue weighted by Crippen LogP contribution is 2.31. The summed E-state index contributed by atoms with van der Waals surface area (Å²) in [5, 5.41) is 16.2. The van der Waals surface area contributed by atoms with E-state index in [1.54, 1.807) is 38.2 Å². The molecule has 37 heavy (non-hydrogen) atoms. The largest absolute Gasteiger partial charge is 0.478 e. The van der Waals surface area contributed by atoms with E-state index >= 15 is 0 Å². The van der Waals surface area contributed by atoms with Gasteiger partial charge in [0.1, 0.15) is 0 Å². The van der Waals surface area contributed by atoms with Crippen LogP contribution in [0.4, 0.5) is 0 Å². The van der Waals surface area contributed by atoms with Crippen LogP contribution in [0.5, 0.6) is 0 Å².